The highest BCUT2D eigenvalue weighted by molar-refractivity contribution is 5.94. The van der Waals surface area contributed by atoms with Gasteiger partial charge in [0.05, 0.1) is 6.54 Å². The van der Waals surface area contributed by atoms with Crippen molar-refractivity contribution < 1.29 is 9.59 Å². The molecule has 0 spiro atoms. The van der Waals surface area contributed by atoms with Gasteiger partial charge in [0.2, 0.25) is 11.8 Å². The van der Waals surface area contributed by atoms with E-state index in [1.165, 1.54) is 0 Å². The van der Waals surface area contributed by atoms with Crippen LogP contribution < -0.4 is 5.32 Å². The number of hydrogen-bond acceptors (Lipinski definition) is 2. The maximum atomic E-state index is 11.5. The maximum absolute atomic E-state index is 11.5. The van der Waals surface area contributed by atoms with Crippen molar-refractivity contribution in [3.63, 3.8) is 0 Å². The average Bonchev–Trinajstić information content (AvgIpc) is 2.11. The molecular weight excluding hydrogens is 180 g/mol. The van der Waals surface area contributed by atoms with Gasteiger partial charge in [-0.3, -0.25) is 9.59 Å². The van der Waals surface area contributed by atoms with Gasteiger partial charge in [-0.2, -0.15) is 0 Å². The first kappa shape index (κ1) is 10.8. The number of carbonyl (C=O) groups excluding carboxylic acids is 2. The second kappa shape index (κ2) is 4.26. The molecule has 1 unspecified atom stereocenters. The van der Waals surface area contributed by atoms with Crippen molar-refractivity contribution in [3.05, 3.63) is 12.2 Å². The van der Waals surface area contributed by atoms with Crippen LogP contribution in [0.3, 0.4) is 0 Å². The Kier molecular flexibility index (Phi) is 3.28. The molecule has 1 aliphatic heterocycles. The second-order valence-electron chi connectivity index (χ2n) is 3.62. The minimum Gasteiger partial charge on any atom is -0.345 e. The molecule has 0 saturated carbocycles. The van der Waals surface area contributed by atoms with Gasteiger partial charge in [-0.25, -0.2) is 0 Å². The summed E-state index contributed by atoms with van der Waals surface area (Å²) in [6.07, 6.45) is 0.644. The fourth-order valence-corrected chi connectivity index (χ4v) is 1.59. The lowest BCUT2D eigenvalue weighted by Crippen LogP contribution is -2.58. The van der Waals surface area contributed by atoms with E-state index < -0.39 is 0 Å². The van der Waals surface area contributed by atoms with Gasteiger partial charge in [0.15, 0.2) is 0 Å². The summed E-state index contributed by atoms with van der Waals surface area (Å²) in [5, 5.41) is 2.58. The standard InChI is InChI=1S/C10H16N2O2/c1-4-8-10(14)11-5-9(13)12(8)6-7(2)3/h8H,2,4-6H2,1,3H3,(H,11,14). The topological polar surface area (TPSA) is 49.4 Å². The minimum atomic E-state index is -0.326. The molecule has 2 amide bonds. The highest BCUT2D eigenvalue weighted by Crippen LogP contribution is 2.11. The van der Waals surface area contributed by atoms with Crippen LogP contribution in [0, 0.1) is 0 Å². The summed E-state index contributed by atoms with van der Waals surface area (Å²) >= 11 is 0. The highest BCUT2D eigenvalue weighted by Gasteiger charge is 2.32. The normalized spacial score (nSPS) is 22.1. The number of nitrogens with zero attached hydrogens (tertiary/aromatic N) is 1. The fourth-order valence-electron chi connectivity index (χ4n) is 1.59. The van der Waals surface area contributed by atoms with Gasteiger partial charge in [-0.15, -0.1) is 0 Å². The molecular formula is C10H16N2O2. The summed E-state index contributed by atoms with van der Waals surface area (Å²) in [4.78, 5) is 24.5. The van der Waals surface area contributed by atoms with E-state index in [-0.39, 0.29) is 24.4 Å². The second-order valence-corrected chi connectivity index (χ2v) is 3.62. The van der Waals surface area contributed by atoms with Crippen LogP contribution in [-0.2, 0) is 9.59 Å². The van der Waals surface area contributed by atoms with Crippen LogP contribution in [0.2, 0.25) is 0 Å². The van der Waals surface area contributed by atoms with Crippen LogP contribution in [0.4, 0.5) is 0 Å². The molecule has 1 atom stereocenters. The molecule has 0 bridgehead atoms. The zero-order valence-electron chi connectivity index (χ0n) is 8.67. The highest BCUT2D eigenvalue weighted by atomic mass is 16.2. The first-order valence-electron chi connectivity index (χ1n) is 4.77. The molecule has 4 heteroatoms. The van der Waals surface area contributed by atoms with E-state index in [2.05, 4.69) is 11.9 Å². The molecule has 1 fully saturated rings. The largest absolute Gasteiger partial charge is 0.345 e. The quantitative estimate of drug-likeness (QED) is 0.660. The number of hydrogen-bond donors (Lipinski definition) is 1. The number of nitrogens with one attached hydrogen (secondary N) is 1. The van der Waals surface area contributed by atoms with Gasteiger partial charge in [-0.05, 0) is 13.3 Å². The Hall–Kier alpha value is -1.32. The fraction of sp³-hybridized carbons (Fsp3) is 0.600. The van der Waals surface area contributed by atoms with Gasteiger partial charge in [-0.1, -0.05) is 19.1 Å². The lowest BCUT2D eigenvalue weighted by Gasteiger charge is -2.34. The van der Waals surface area contributed by atoms with Crippen LogP contribution in [0.25, 0.3) is 0 Å². The zero-order valence-corrected chi connectivity index (χ0v) is 8.67. The molecule has 0 aromatic carbocycles. The Morgan fingerprint density at radius 1 is 1.64 bits per heavy atom. The summed E-state index contributed by atoms with van der Waals surface area (Å²) in [5.74, 6) is -0.0900. The molecule has 14 heavy (non-hydrogen) atoms. The van der Waals surface area contributed by atoms with Crippen LogP contribution in [0.1, 0.15) is 20.3 Å². The maximum Gasteiger partial charge on any atom is 0.243 e. The Morgan fingerprint density at radius 3 is 2.79 bits per heavy atom. The van der Waals surface area contributed by atoms with Crippen molar-refractivity contribution in [2.24, 2.45) is 0 Å². The molecule has 1 heterocycles. The molecule has 4 nitrogen and oxygen atoms in total. The lowest BCUT2D eigenvalue weighted by molar-refractivity contribution is -0.145. The summed E-state index contributed by atoms with van der Waals surface area (Å²) in [6, 6.07) is -0.326. The molecule has 1 aliphatic rings. The summed E-state index contributed by atoms with van der Waals surface area (Å²) < 4.78 is 0. The third-order valence-electron chi connectivity index (χ3n) is 2.24. The molecule has 0 aromatic heterocycles. The monoisotopic (exact) mass is 196 g/mol. The van der Waals surface area contributed by atoms with Crippen LogP contribution in [0.15, 0.2) is 12.2 Å². The van der Waals surface area contributed by atoms with E-state index in [0.29, 0.717) is 13.0 Å². The molecule has 0 aliphatic carbocycles. The first-order valence-corrected chi connectivity index (χ1v) is 4.77. The van der Waals surface area contributed by atoms with E-state index in [9.17, 15) is 9.59 Å². The smallest absolute Gasteiger partial charge is 0.243 e. The average molecular weight is 196 g/mol. The minimum absolute atomic E-state index is 0.0283. The van der Waals surface area contributed by atoms with Crippen molar-refractivity contribution in [2.75, 3.05) is 13.1 Å². The predicted octanol–water partition coefficient (Wildman–Crippen LogP) is 0.299. The van der Waals surface area contributed by atoms with Gasteiger partial charge in [0.1, 0.15) is 6.04 Å². The SMILES string of the molecule is C=C(C)CN1C(=O)CNC(=O)C1CC. The number of piperazine rings is 1. The van der Waals surface area contributed by atoms with Gasteiger partial charge in [0, 0.05) is 6.54 Å². The Balaban J connectivity index is 2.78. The third kappa shape index (κ3) is 2.13. The van der Waals surface area contributed by atoms with Gasteiger partial charge < -0.3 is 10.2 Å². The van der Waals surface area contributed by atoms with Crippen LogP contribution in [-0.4, -0.2) is 35.8 Å². The Labute approximate surface area is 84.0 Å². The van der Waals surface area contributed by atoms with Crippen molar-refractivity contribution in [1.82, 2.24) is 10.2 Å². The number of carbonyl (C=O) groups is 2. The Bertz CT molecular complexity index is 273. The van der Waals surface area contributed by atoms with Crippen molar-refractivity contribution in [1.29, 1.82) is 0 Å². The van der Waals surface area contributed by atoms with Gasteiger partial charge in [0.25, 0.3) is 0 Å². The summed E-state index contributed by atoms with van der Waals surface area (Å²) in [6.45, 7) is 8.09. The van der Waals surface area contributed by atoms with Crippen molar-refractivity contribution in [3.8, 4) is 0 Å². The van der Waals surface area contributed by atoms with Gasteiger partial charge >= 0.3 is 0 Å². The summed E-state index contributed by atoms with van der Waals surface area (Å²) in [7, 11) is 0. The van der Waals surface area contributed by atoms with E-state index >= 15 is 0 Å². The molecule has 0 aromatic rings. The van der Waals surface area contributed by atoms with E-state index in [4.69, 9.17) is 0 Å². The van der Waals surface area contributed by atoms with Crippen LogP contribution in [0.5, 0.6) is 0 Å². The molecule has 1 N–H and O–H groups in total. The molecule has 1 rings (SSSR count). The van der Waals surface area contributed by atoms with E-state index in [1.807, 2.05) is 13.8 Å². The zero-order chi connectivity index (χ0) is 10.7. The third-order valence-corrected chi connectivity index (χ3v) is 2.24. The van der Waals surface area contributed by atoms with Crippen molar-refractivity contribution in [2.45, 2.75) is 26.3 Å². The number of rotatable bonds is 3. The lowest BCUT2D eigenvalue weighted by atomic mass is 10.1. The van der Waals surface area contributed by atoms with Crippen molar-refractivity contribution >= 4 is 11.8 Å². The van der Waals surface area contributed by atoms with Crippen LogP contribution >= 0.6 is 0 Å². The first-order chi connectivity index (χ1) is 6.56. The van der Waals surface area contributed by atoms with E-state index in [0.717, 1.165) is 5.57 Å². The summed E-state index contributed by atoms with van der Waals surface area (Å²) in [5.41, 5.74) is 0.895. The molecule has 78 valence electrons. The Morgan fingerprint density at radius 2 is 2.29 bits per heavy atom. The predicted molar refractivity (Wildman–Crippen MR) is 53.6 cm³/mol. The number of amides is 2. The molecule has 0 radical (unpaired) electrons. The van der Waals surface area contributed by atoms with E-state index in [1.54, 1.807) is 4.90 Å². The molecule has 1 saturated heterocycles.